The maximum absolute atomic E-state index is 13.5. The van der Waals surface area contributed by atoms with Gasteiger partial charge >= 0.3 is 5.97 Å². The Bertz CT molecular complexity index is 704. The number of primary amides is 1. The minimum atomic E-state index is -1.03. The summed E-state index contributed by atoms with van der Waals surface area (Å²) in [7, 11) is 0. The van der Waals surface area contributed by atoms with Crippen LogP contribution in [0, 0.1) is 5.82 Å². The fourth-order valence-electron chi connectivity index (χ4n) is 1.64. The van der Waals surface area contributed by atoms with E-state index < -0.39 is 17.7 Å². The number of nitrogens with zero attached hydrogens (tertiary/aromatic N) is 2. The third-order valence-corrected chi connectivity index (χ3v) is 3.64. The molecule has 0 radical (unpaired) electrons. The molecule has 0 aliphatic heterocycles. The van der Waals surface area contributed by atoms with E-state index in [4.69, 9.17) is 22.4 Å². The molecule has 1 amide bonds. The van der Waals surface area contributed by atoms with Crippen LogP contribution < -0.4 is 5.73 Å². The molecular weight excluding hydrogens is 309 g/mol. The lowest BCUT2D eigenvalue weighted by Gasteiger charge is -2.05. The van der Waals surface area contributed by atoms with E-state index in [0.29, 0.717) is 11.0 Å². The molecule has 3 N–H and O–H groups in total. The number of aromatic nitrogens is 2. The van der Waals surface area contributed by atoms with Crippen molar-refractivity contribution in [2.45, 2.75) is 11.7 Å². The van der Waals surface area contributed by atoms with Crippen LogP contribution in [0.3, 0.4) is 0 Å². The molecule has 9 heteroatoms. The van der Waals surface area contributed by atoms with Crippen molar-refractivity contribution in [3.05, 3.63) is 23.0 Å². The first-order chi connectivity index (χ1) is 9.38. The zero-order chi connectivity index (χ0) is 14.9. The number of nitrogens with two attached hydrogens (primary N) is 1. The average Bonchev–Trinajstić information content (AvgIpc) is 2.65. The van der Waals surface area contributed by atoms with Crippen LogP contribution in [0.15, 0.2) is 17.3 Å². The van der Waals surface area contributed by atoms with Gasteiger partial charge in [-0.05, 0) is 6.07 Å². The number of hydrogen-bond donors (Lipinski definition) is 2. The lowest BCUT2D eigenvalue weighted by atomic mass is 10.3. The molecule has 0 fully saturated rings. The van der Waals surface area contributed by atoms with Crippen LogP contribution in [0.1, 0.15) is 0 Å². The number of carbonyl (C=O) groups excluding carboxylic acids is 1. The Labute approximate surface area is 121 Å². The minimum absolute atomic E-state index is 0.101. The number of carbonyl (C=O) groups is 2. The number of aliphatic carboxylic acids is 1. The van der Waals surface area contributed by atoms with E-state index >= 15 is 0 Å². The molecule has 106 valence electrons. The summed E-state index contributed by atoms with van der Waals surface area (Å²) in [5.74, 6) is -2.56. The maximum atomic E-state index is 13.5. The number of benzene rings is 1. The first kappa shape index (κ1) is 14.6. The molecule has 0 aliphatic rings. The molecule has 0 saturated heterocycles. The molecule has 20 heavy (non-hydrogen) atoms. The average molecular weight is 318 g/mol. The molecule has 2 aromatic rings. The van der Waals surface area contributed by atoms with Gasteiger partial charge in [0.1, 0.15) is 12.4 Å². The van der Waals surface area contributed by atoms with Crippen molar-refractivity contribution < 1.29 is 19.1 Å². The van der Waals surface area contributed by atoms with E-state index in [-0.39, 0.29) is 22.5 Å². The van der Waals surface area contributed by atoms with Gasteiger partial charge in [-0.1, -0.05) is 23.4 Å². The van der Waals surface area contributed by atoms with Crippen molar-refractivity contribution in [3.8, 4) is 0 Å². The van der Waals surface area contributed by atoms with Gasteiger partial charge in [-0.25, -0.2) is 9.37 Å². The van der Waals surface area contributed by atoms with Crippen LogP contribution in [0.25, 0.3) is 11.0 Å². The van der Waals surface area contributed by atoms with Crippen LogP contribution >= 0.6 is 23.4 Å². The quantitative estimate of drug-likeness (QED) is 0.814. The third kappa shape index (κ3) is 3.02. The fraction of sp³-hybridized carbons (Fsp3) is 0.182. The molecule has 1 aromatic carbocycles. The van der Waals surface area contributed by atoms with Gasteiger partial charge in [0.05, 0.1) is 21.8 Å². The van der Waals surface area contributed by atoms with Gasteiger partial charge in [-0.3, -0.25) is 9.59 Å². The number of thioether (sulfide) groups is 1. The van der Waals surface area contributed by atoms with Gasteiger partial charge in [-0.15, -0.1) is 0 Å². The van der Waals surface area contributed by atoms with Gasteiger partial charge in [-0.2, -0.15) is 0 Å². The Kier molecular flexibility index (Phi) is 4.15. The Hall–Kier alpha value is -1.80. The number of amides is 1. The number of hydrogen-bond acceptors (Lipinski definition) is 4. The second kappa shape index (κ2) is 5.68. The fourth-order valence-corrected chi connectivity index (χ4v) is 2.54. The number of carboxylic acids is 1. The maximum Gasteiger partial charge on any atom is 0.313 e. The smallest absolute Gasteiger partial charge is 0.313 e. The largest absolute Gasteiger partial charge is 0.481 e. The van der Waals surface area contributed by atoms with Gasteiger partial charge < -0.3 is 15.4 Å². The van der Waals surface area contributed by atoms with Gasteiger partial charge in [0.2, 0.25) is 5.91 Å². The predicted octanol–water partition coefficient (Wildman–Crippen LogP) is 1.49. The number of carboxylic acid groups (broad SMARTS) is 1. The van der Waals surface area contributed by atoms with Crippen LogP contribution in [0.4, 0.5) is 4.39 Å². The normalized spacial score (nSPS) is 10.9. The lowest BCUT2D eigenvalue weighted by molar-refractivity contribution is -0.133. The van der Waals surface area contributed by atoms with Crippen molar-refractivity contribution in [3.63, 3.8) is 0 Å². The molecular formula is C11H9ClFN3O3S. The number of rotatable bonds is 5. The number of imidazole rings is 1. The Balaban J connectivity index is 2.54. The SMILES string of the molecule is NC(=O)Cn1c(SCC(=O)O)nc2cc(Cl)c(F)cc21. The van der Waals surface area contributed by atoms with Crippen molar-refractivity contribution in [2.75, 3.05) is 5.75 Å². The highest BCUT2D eigenvalue weighted by Gasteiger charge is 2.16. The molecule has 1 heterocycles. The molecule has 0 atom stereocenters. The lowest BCUT2D eigenvalue weighted by Crippen LogP contribution is -2.19. The molecule has 0 aliphatic carbocycles. The summed E-state index contributed by atoms with van der Waals surface area (Å²) in [6.07, 6.45) is 0. The van der Waals surface area contributed by atoms with E-state index in [1.165, 1.54) is 10.6 Å². The summed E-state index contributed by atoms with van der Waals surface area (Å²) in [5, 5.41) is 8.85. The molecule has 6 nitrogen and oxygen atoms in total. The standard InChI is InChI=1S/C11H9ClFN3O3S/c12-5-1-7-8(2-6(5)13)16(3-9(14)17)11(15-7)20-4-10(18)19/h1-2H,3-4H2,(H2,14,17)(H,18,19). The summed E-state index contributed by atoms with van der Waals surface area (Å²) in [6.45, 7) is -0.223. The Morgan fingerprint density at radius 2 is 2.20 bits per heavy atom. The van der Waals surface area contributed by atoms with E-state index in [9.17, 15) is 14.0 Å². The van der Waals surface area contributed by atoms with E-state index in [1.54, 1.807) is 0 Å². The molecule has 0 saturated carbocycles. The highest BCUT2D eigenvalue weighted by Crippen LogP contribution is 2.27. The van der Waals surface area contributed by atoms with Crippen LogP contribution in [-0.2, 0) is 16.1 Å². The first-order valence-corrected chi connectivity index (χ1v) is 6.73. The molecule has 0 unspecified atom stereocenters. The zero-order valence-corrected chi connectivity index (χ0v) is 11.5. The molecule has 0 spiro atoms. The predicted molar refractivity (Wildman–Crippen MR) is 72.3 cm³/mol. The Morgan fingerprint density at radius 1 is 1.50 bits per heavy atom. The van der Waals surface area contributed by atoms with E-state index in [2.05, 4.69) is 4.98 Å². The Morgan fingerprint density at radius 3 is 2.80 bits per heavy atom. The van der Waals surface area contributed by atoms with Crippen molar-refractivity contribution in [2.24, 2.45) is 5.73 Å². The van der Waals surface area contributed by atoms with Crippen molar-refractivity contribution in [1.82, 2.24) is 9.55 Å². The molecule has 1 aromatic heterocycles. The molecule has 0 bridgehead atoms. The van der Waals surface area contributed by atoms with Gasteiger partial charge in [0.15, 0.2) is 5.16 Å². The summed E-state index contributed by atoms with van der Waals surface area (Å²) in [4.78, 5) is 25.8. The topological polar surface area (TPSA) is 98.2 Å². The van der Waals surface area contributed by atoms with Crippen LogP contribution in [0.5, 0.6) is 0 Å². The summed E-state index contributed by atoms with van der Waals surface area (Å²) in [6, 6.07) is 2.45. The molecule has 2 rings (SSSR count). The van der Waals surface area contributed by atoms with Crippen LogP contribution in [0.2, 0.25) is 5.02 Å². The van der Waals surface area contributed by atoms with Crippen molar-refractivity contribution in [1.29, 1.82) is 0 Å². The van der Waals surface area contributed by atoms with Gasteiger partial charge in [0.25, 0.3) is 0 Å². The van der Waals surface area contributed by atoms with Crippen molar-refractivity contribution >= 4 is 46.3 Å². The number of halogens is 2. The highest BCUT2D eigenvalue weighted by molar-refractivity contribution is 7.99. The summed E-state index contributed by atoms with van der Waals surface area (Å²) < 4.78 is 14.9. The first-order valence-electron chi connectivity index (χ1n) is 5.36. The third-order valence-electron chi connectivity index (χ3n) is 2.39. The summed E-state index contributed by atoms with van der Waals surface area (Å²) in [5.41, 5.74) is 5.83. The number of fused-ring (bicyclic) bond motifs is 1. The zero-order valence-electron chi connectivity index (χ0n) is 9.97. The van der Waals surface area contributed by atoms with Crippen LogP contribution in [-0.4, -0.2) is 32.3 Å². The highest BCUT2D eigenvalue weighted by atomic mass is 35.5. The second-order valence-electron chi connectivity index (χ2n) is 3.88. The summed E-state index contributed by atoms with van der Waals surface area (Å²) >= 11 is 6.58. The monoisotopic (exact) mass is 317 g/mol. The van der Waals surface area contributed by atoms with E-state index in [0.717, 1.165) is 17.8 Å². The van der Waals surface area contributed by atoms with Gasteiger partial charge in [0, 0.05) is 6.07 Å². The van der Waals surface area contributed by atoms with E-state index in [1.807, 2.05) is 0 Å². The minimum Gasteiger partial charge on any atom is -0.481 e. The second-order valence-corrected chi connectivity index (χ2v) is 5.23.